The number of aldehydes is 1. The number of likely N-dealkylation sites (tertiary alicyclic amines) is 1. The van der Waals surface area contributed by atoms with Crippen LogP contribution in [0.15, 0.2) is 24.0 Å². The molecule has 1 aromatic carbocycles. The van der Waals surface area contributed by atoms with E-state index in [1.165, 1.54) is 7.11 Å². The van der Waals surface area contributed by atoms with Gasteiger partial charge in [0.15, 0.2) is 17.6 Å². The molecule has 5 rings (SSSR count). The van der Waals surface area contributed by atoms with Gasteiger partial charge < -0.3 is 39.2 Å². The Morgan fingerprint density at radius 2 is 1.86 bits per heavy atom. The monoisotopic (exact) mass is 629 g/mol. The molecule has 5 atom stereocenters. The van der Waals surface area contributed by atoms with Crippen LogP contribution in [0.3, 0.4) is 0 Å². The lowest BCUT2D eigenvalue weighted by atomic mass is 9.50. The SMILES string of the molecule is COc1ccc2c3c1O[C@H]1C(OC(=O)[C@H](CC(=O)O)OC(=O)CCC(=O)O)=CC[C@@]4(O)[C@@H](C2)N(C)CC[C@]314.O=CC(F)(F)F. The molecule has 0 unspecified atom stereocenters. The molecular formula is C28H30F3NO12. The maximum atomic E-state index is 13.1. The molecule has 240 valence electrons. The maximum absolute atomic E-state index is 13.1. The van der Waals surface area contributed by atoms with Crippen LogP contribution >= 0.6 is 0 Å². The lowest BCUT2D eigenvalue weighted by molar-refractivity contribution is -0.177. The molecule has 13 nitrogen and oxygen atoms in total. The highest BCUT2D eigenvalue weighted by Gasteiger charge is 2.72. The molecule has 0 saturated carbocycles. The first-order valence-corrected chi connectivity index (χ1v) is 13.5. The minimum absolute atomic E-state index is 0.0889. The molecule has 2 bridgehead atoms. The highest BCUT2D eigenvalue weighted by Crippen LogP contribution is 2.65. The number of carboxylic acid groups (broad SMARTS) is 2. The number of hydrogen-bond donors (Lipinski definition) is 3. The average molecular weight is 630 g/mol. The number of benzene rings is 1. The molecule has 44 heavy (non-hydrogen) atoms. The van der Waals surface area contributed by atoms with Crippen LogP contribution in [0, 0.1) is 0 Å². The molecule has 1 spiro atoms. The largest absolute Gasteiger partial charge is 0.493 e. The Labute approximate surface area is 248 Å². The summed E-state index contributed by atoms with van der Waals surface area (Å²) in [5, 5.41) is 30.2. The predicted molar refractivity (Wildman–Crippen MR) is 139 cm³/mol. The third-order valence-corrected chi connectivity index (χ3v) is 8.35. The number of methoxy groups -OCH3 is 1. The fourth-order valence-electron chi connectivity index (χ4n) is 6.53. The van der Waals surface area contributed by atoms with Crippen molar-refractivity contribution < 1.29 is 71.4 Å². The molecular weight excluding hydrogens is 599 g/mol. The van der Waals surface area contributed by atoms with E-state index in [1.807, 2.05) is 13.1 Å². The van der Waals surface area contributed by atoms with Gasteiger partial charge in [-0.25, -0.2) is 4.79 Å². The van der Waals surface area contributed by atoms with E-state index in [2.05, 4.69) is 4.90 Å². The number of carbonyl (C=O) groups is 5. The van der Waals surface area contributed by atoms with Gasteiger partial charge in [0.1, 0.15) is 5.76 Å². The van der Waals surface area contributed by atoms with Crippen molar-refractivity contribution in [3.63, 3.8) is 0 Å². The first-order valence-electron chi connectivity index (χ1n) is 13.5. The third-order valence-electron chi connectivity index (χ3n) is 8.35. The second-order valence-electron chi connectivity index (χ2n) is 10.8. The Hall–Kier alpha value is -4.18. The van der Waals surface area contributed by atoms with Crippen molar-refractivity contribution in [2.45, 2.75) is 74.0 Å². The molecule has 16 heteroatoms. The van der Waals surface area contributed by atoms with Crippen LogP contribution < -0.4 is 9.47 Å². The first kappa shape index (κ1) is 32.7. The molecule has 2 heterocycles. The molecule has 0 amide bonds. The average Bonchev–Trinajstić information content (AvgIpc) is 3.30. The van der Waals surface area contributed by atoms with Gasteiger partial charge in [0, 0.05) is 18.0 Å². The van der Waals surface area contributed by atoms with Gasteiger partial charge in [-0.05, 0) is 44.1 Å². The van der Waals surface area contributed by atoms with Crippen LogP contribution in [0.25, 0.3) is 0 Å². The zero-order valence-corrected chi connectivity index (χ0v) is 23.6. The molecule has 0 radical (unpaired) electrons. The van der Waals surface area contributed by atoms with E-state index >= 15 is 0 Å². The third kappa shape index (κ3) is 5.83. The lowest BCUT2D eigenvalue weighted by Crippen LogP contribution is -2.74. The van der Waals surface area contributed by atoms with Gasteiger partial charge in [0.2, 0.25) is 12.4 Å². The molecule has 1 fully saturated rings. The summed E-state index contributed by atoms with van der Waals surface area (Å²) in [5.41, 5.74) is -0.327. The summed E-state index contributed by atoms with van der Waals surface area (Å²) in [6.07, 6.45) is -7.49. The summed E-state index contributed by atoms with van der Waals surface area (Å²) >= 11 is 0. The number of rotatable bonds is 9. The topological polar surface area (TPSA) is 186 Å². The zero-order valence-electron chi connectivity index (χ0n) is 23.6. The first-order chi connectivity index (χ1) is 20.6. The summed E-state index contributed by atoms with van der Waals surface area (Å²) in [4.78, 5) is 58.1. The van der Waals surface area contributed by atoms with Gasteiger partial charge >= 0.3 is 30.1 Å². The summed E-state index contributed by atoms with van der Waals surface area (Å²) in [6, 6.07) is 3.55. The number of piperidine rings is 1. The Morgan fingerprint density at radius 3 is 2.45 bits per heavy atom. The Morgan fingerprint density at radius 1 is 1.18 bits per heavy atom. The van der Waals surface area contributed by atoms with E-state index in [1.54, 1.807) is 12.1 Å². The van der Waals surface area contributed by atoms with Crippen molar-refractivity contribution in [2.75, 3.05) is 20.7 Å². The normalized spacial score (nSPS) is 26.8. The fraction of sp³-hybridized carbons (Fsp3) is 0.536. The van der Waals surface area contributed by atoms with Crippen LogP contribution in [0.5, 0.6) is 11.5 Å². The van der Waals surface area contributed by atoms with E-state index in [-0.39, 0.29) is 18.2 Å². The summed E-state index contributed by atoms with van der Waals surface area (Å²) in [5.74, 6) is -3.77. The van der Waals surface area contributed by atoms with Gasteiger partial charge in [-0.15, -0.1) is 0 Å². The maximum Gasteiger partial charge on any atom is 0.446 e. The molecule has 1 aromatic rings. The fourth-order valence-corrected chi connectivity index (χ4v) is 6.53. The van der Waals surface area contributed by atoms with Gasteiger partial charge in [0.05, 0.1) is 37.4 Å². The van der Waals surface area contributed by atoms with E-state index in [0.717, 1.165) is 11.1 Å². The predicted octanol–water partition coefficient (Wildman–Crippen LogP) is 1.51. The van der Waals surface area contributed by atoms with Crippen molar-refractivity contribution in [1.29, 1.82) is 0 Å². The van der Waals surface area contributed by atoms with E-state index in [0.29, 0.717) is 30.9 Å². The quantitative estimate of drug-likeness (QED) is 0.264. The second-order valence-corrected chi connectivity index (χ2v) is 10.8. The molecule has 1 saturated heterocycles. The van der Waals surface area contributed by atoms with Gasteiger partial charge in [-0.3, -0.25) is 19.2 Å². The van der Waals surface area contributed by atoms with Crippen molar-refractivity contribution in [1.82, 2.24) is 4.90 Å². The van der Waals surface area contributed by atoms with Crippen LogP contribution in [0.4, 0.5) is 13.2 Å². The number of aliphatic carboxylic acids is 2. The van der Waals surface area contributed by atoms with Crippen LogP contribution in [-0.2, 0) is 45.3 Å². The highest BCUT2D eigenvalue weighted by molar-refractivity contribution is 5.85. The minimum Gasteiger partial charge on any atom is -0.493 e. The van der Waals surface area contributed by atoms with Crippen molar-refractivity contribution in [3.05, 3.63) is 35.1 Å². The Balaban J connectivity index is 0.000000670. The molecule has 2 aliphatic heterocycles. The minimum atomic E-state index is -4.64. The van der Waals surface area contributed by atoms with Crippen molar-refractivity contribution in [3.8, 4) is 11.5 Å². The zero-order chi connectivity index (χ0) is 32.6. The summed E-state index contributed by atoms with van der Waals surface area (Å²) in [6.45, 7) is 0.660. The molecule has 4 aliphatic rings. The number of nitrogens with zero attached hydrogens (tertiary/aromatic N) is 1. The van der Waals surface area contributed by atoms with Crippen LogP contribution in [0.1, 0.15) is 43.2 Å². The number of carbonyl (C=O) groups excluding carboxylic acids is 3. The number of esters is 2. The number of carboxylic acids is 2. The Bertz CT molecular complexity index is 1390. The van der Waals surface area contributed by atoms with Crippen molar-refractivity contribution >= 4 is 30.2 Å². The van der Waals surface area contributed by atoms with E-state index in [4.69, 9.17) is 28.8 Å². The number of alkyl halides is 3. The van der Waals surface area contributed by atoms with Gasteiger partial charge in [-0.1, -0.05) is 6.07 Å². The van der Waals surface area contributed by atoms with Gasteiger partial charge in [0.25, 0.3) is 0 Å². The second kappa shape index (κ2) is 12.1. The summed E-state index contributed by atoms with van der Waals surface area (Å²) in [7, 11) is 3.48. The number of ether oxygens (including phenoxy) is 4. The highest BCUT2D eigenvalue weighted by atomic mass is 19.4. The molecule has 2 aliphatic carbocycles. The lowest BCUT2D eigenvalue weighted by Gasteiger charge is -2.61. The van der Waals surface area contributed by atoms with Gasteiger partial charge in [-0.2, -0.15) is 13.2 Å². The molecule has 0 aromatic heterocycles. The molecule has 3 N–H and O–H groups in total. The number of hydrogen-bond acceptors (Lipinski definition) is 11. The number of halogens is 3. The number of likely N-dealkylation sites (N-methyl/N-ethyl adjacent to an activating group) is 1. The number of aliphatic hydroxyl groups is 1. The smallest absolute Gasteiger partial charge is 0.446 e. The van der Waals surface area contributed by atoms with Crippen LogP contribution in [0.2, 0.25) is 0 Å². The van der Waals surface area contributed by atoms with E-state index in [9.17, 15) is 42.6 Å². The standard InChI is InChI=1S/C26H29NO11.C2HF3O/c1-27-10-9-25-21-13-3-4-14(35-2)22(21)38-23(25)15(7-8-26(25,34)17(27)11-13)37-24(33)16(12-19(30)31)36-20(32)6-5-18(28)29;3-2(4,5)1-6/h3-4,7,16-17,23,34H,5-6,8-12H2,1-2H3,(H,28,29)(H,30,31);1H/t16-,17+,23-,25-,26+;/m0./s1. The van der Waals surface area contributed by atoms with E-state index < -0.39 is 78.8 Å². The van der Waals surface area contributed by atoms with Crippen molar-refractivity contribution in [2.24, 2.45) is 0 Å². The summed E-state index contributed by atoms with van der Waals surface area (Å²) < 4.78 is 53.8. The Kier molecular flexibility index (Phi) is 8.98. The van der Waals surface area contributed by atoms with Crippen LogP contribution in [-0.4, -0.2) is 101 Å².